The fraction of sp³-hybridized carbons (Fsp3) is 0.0625. The van der Waals surface area contributed by atoms with E-state index in [4.69, 9.17) is 16.0 Å². The van der Waals surface area contributed by atoms with Gasteiger partial charge in [-0.15, -0.1) is 0 Å². The van der Waals surface area contributed by atoms with Crippen LogP contribution in [0.5, 0.6) is 0 Å². The van der Waals surface area contributed by atoms with Crippen LogP contribution in [0.25, 0.3) is 5.76 Å². The van der Waals surface area contributed by atoms with Crippen LogP contribution >= 0.6 is 11.6 Å². The van der Waals surface area contributed by atoms with Gasteiger partial charge >= 0.3 is 0 Å². The molecule has 0 aliphatic rings. The largest absolute Gasteiger partial charge is 0.504 e. The van der Waals surface area contributed by atoms with E-state index >= 15 is 0 Å². The first-order valence-electron chi connectivity index (χ1n) is 6.85. The van der Waals surface area contributed by atoms with E-state index in [1.54, 1.807) is 12.1 Å². The molecule has 8 heteroatoms. The number of aromatic amines is 1. The lowest BCUT2D eigenvalue weighted by Crippen LogP contribution is -1.97. The first-order chi connectivity index (χ1) is 11.5. The normalized spacial score (nSPS) is 11.7. The van der Waals surface area contributed by atoms with E-state index in [0.29, 0.717) is 12.0 Å². The van der Waals surface area contributed by atoms with Gasteiger partial charge in [-0.2, -0.15) is 5.10 Å². The summed E-state index contributed by atoms with van der Waals surface area (Å²) in [6.45, 7) is 0. The van der Waals surface area contributed by atoms with Crippen molar-refractivity contribution in [3.63, 3.8) is 0 Å². The van der Waals surface area contributed by atoms with E-state index in [-0.39, 0.29) is 28.2 Å². The number of ketones is 1. The number of aliphatic hydroxyl groups excluding tert-OH is 1. The minimum absolute atomic E-state index is 0.0533. The number of nitrogens with zero attached hydrogens (tertiary/aromatic N) is 2. The highest BCUT2D eigenvalue weighted by Gasteiger charge is 2.19. The Labute approximate surface area is 140 Å². The van der Waals surface area contributed by atoms with Crippen molar-refractivity contribution in [1.29, 1.82) is 0 Å². The van der Waals surface area contributed by atoms with Gasteiger partial charge in [-0.3, -0.25) is 9.89 Å². The van der Waals surface area contributed by atoms with Gasteiger partial charge in [-0.25, -0.2) is 9.37 Å². The van der Waals surface area contributed by atoms with E-state index in [9.17, 15) is 14.3 Å². The number of carbonyl (C=O) groups is 1. The van der Waals surface area contributed by atoms with Crippen LogP contribution in [-0.4, -0.2) is 26.1 Å². The van der Waals surface area contributed by atoms with Crippen LogP contribution in [0.3, 0.4) is 0 Å². The molecule has 0 bridgehead atoms. The molecule has 24 heavy (non-hydrogen) atoms. The number of aromatic nitrogens is 3. The zero-order chi connectivity index (χ0) is 17.1. The number of furan rings is 1. The fourth-order valence-corrected chi connectivity index (χ4v) is 2.32. The number of halogens is 2. The molecular formula is C16H11ClFN3O3. The summed E-state index contributed by atoms with van der Waals surface area (Å²) in [7, 11) is 0. The molecule has 1 aromatic carbocycles. The molecule has 3 aromatic rings. The Hall–Kier alpha value is -2.93. The van der Waals surface area contributed by atoms with Crippen LogP contribution < -0.4 is 0 Å². The Morgan fingerprint density at radius 2 is 2.12 bits per heavy atom. The Morgan fingerprint density at radius 3 is 2.79 bits per heavy atom. The van der Waals surface area contributed by atoms with E-state index in [1.165, 1.54) is 24.7 Å². The summed E-state index contributed by atoms with van der Waals surface area (Å²) < 4.78 is 18.1. The SMILES string of the molecule is O=C(C=C(O)c1ncn[nH]1)c1occ(Cc2ccc(F)cc2)c1Cl. The second-order valence-corrected chi connectivity index (χ2v) is 5.31. The predicted molar refractivity (Wildman–Crippen MR) is 84.2 cm³/mol. The maximum atomic E-state index is 12.9. The number of hydrogen-bond donors (Lipinski definition) is 2. The second-order valence-electron chi connectivity index (χ2n) is 4.94. The predicted octanol–water partition coefficient (Wildman–Crippen LogP) is 3.56. The minimum Gasteiger partial charge on any atom is -0.504 e. The van der Waals surface area contributed by atoms with Crippen molar-refractivity contribution >= 4 is 23.1 Å². The molecule has 2 heterocycles. The average Bonchev–Trinajstić information content (AvgIpc) is 3.20. The summed E-state index contributed by atoms with van der Waals surface area (Å²) in [5.41, 5.74) is 1.40. The van der Waals surface area contributed by atoms with Gasteiger partial charge in [-0.05, 0) is 17.7 Å². The van der Waals surface area contributed by atoms with Gasteiger partial charge in [0.25, 0.3) is 0 Å². The average molecular weight is 348 g/mol. The summed E-state index contributed by atoms with van der Waals surface area (Å²) in [6, 6.07) is 5.92. The second kappa shape index (κ2) is 6.67. The molecule has 0 saturated carbocycles. The lowest BCUT2D eigenvalue weighted by atomic mass is 10.1. The molecule has 0 saturated heterocycles. The van der Waals surface area contributed by atoms with Gasteiger partial charge in [0.2, 0.25) is 5.78 Å². The van der Waals surface area contributed by atoms with Gasteiger partial charge in [0.15, 0.2) is 17.3 Å². The van der Waals surface area contributed by atoms with Crippen LogP contribution in [0.2, 0.25) is 5.02 Å². The number of nitrogens with one attached hydrogen (secondary N) is 1. The molecule has 0 amide bonds. The third kappa shape index (κ3) is 3.36. The first-order valence-corrected chi connectivity index (χ1v) is 7.23. The zero-order valence-electron chi connectivity index (χ0n) is 12.2. The van der Waals surface area contributed by atoms with Crippen molar-refractivity contribution in [2.24, 2.45) is 0 Å². The Morgan fingerprint density at radius 1 is 1.38 bits per heavy atom. The van der Waals surface area contributed by atoms with Gasteiger partial charge in [0.1, 0.15) is 12.1 Å². The number of allylic oxidation sites excluding steroid dienone is 1. The first kappa shape index (κ1) is 15.9. The maximum Gasteiger partial charge on any atom is 0.226 e. The van der Waals surface area contributed by atoms with Crippen LogP contribution in [0, 0.1) is 5.82 Å². The van der Waals surface area contributed by atoms with Gasteiger partial charge in [-0.1, -0.05) is 23.7 Å². The monoisotopic (exact) mass is 347 g/mol. The summed E-state index contributed by atoms with van der Waals surface area (Å²) in [5.74, 6) is -1.37. The quantitative estimate of drug-likeness (QED) is 0.418. The minimum atomic E-state index is -0.612. The maximum absolute atomic E-state index is 12.9. The number of aliphatic hydroxyl groups is 1. The molecular weight excluding hydrogens is 337 g/mol. The molecule has 2 aromatic heterocycles. The number of benzene rings is 1. The standard InChI is InChI=1S/C16H11ClFN3O3/c17-14-10(5-9-1-3-11(18)4-2-9)7-24-15(14)12(22)6-13(23)16-19-8-20-21-16/h1-4,6-8,23H,5H2,(H,19,20,21). The van der Waals surface area contributed by atoms with Crippen molar-refractivity contribution in [2.75, 3.05) is 0 Å². The van der Waals surface area contributed by atoms with E-state index in [2.05, 4.69) is 15.2 Å². The molecule has 2 N–H and O–H groups in total. The van der Waals surface area contributed by atoms with Crippen LogP contribution in [0.1, 0.15) is 27.5 Å². The molecule has 0 unspecified atom stereocenters. The molecule has 0 spiro atoms. The number of rotatable bonds is 5. The van der Waals surface area contributed by atoms with Gasteiger partial charge in [0, 0.05) is 18.1 Å². The highest BCUT2D eigenvalue weighted by Crippen LogP contribution is 2.27. The zero-order valence-corrected chi connectivity index (χ0v) is 12.9. The van der Waals surface area contributed by atoms with Crippen molar-refractivity contribution in [3.8, 4) is 0 Å². The van der Waals surface area contributed by atoms with Gasteiger partial charge < -0.3 is 9.52 Å². The molecule has 0 atom stereocenters. The fourth-order valence-electron chi connectivity index (χ4n) is 2.07. The Kier molecular flexibility index (Phi) is 4.43. The molecule has 3 rings (SSSR count). The van der Waals surface area contributed by atoms with Crippen molar-refractivity contribution in [3.05, 3.63) is 76.5 Å². The summed E-state index contributed by atoms with van der Waals surface area (Å²) in [6.07, 6.45) is 3.88. The summed E-state index contributed by atoms with van der Waals surface area (Å²) in [5, 5.41) is 15.9. The number of H-pyrrole nitrogens is 1. The van der Waals surface area contributed by atoms with Crippen molar-refractivity contribution < 1.29 is 18.7 Å². The van der Waals surface area contributed by atoms with Crippen molar-refractivity contribution in [2.45, 2.75) is 6.42 Å². The molecule has 0 aliphatic carbocycles. The highest BCUT2D eigenvalue weighted by atomic mass is 35.5. The van der Waals surface area contributed by atoms with E-state index in [0.717, 1.165) is 11.6 Å². The number of carbonyl (C=O) groups excluding carboxylic acids is 1. The topological polar surface area (TPSA) is 92.0 Å². The third-order valence-electron chi connectivity index (χ3n) is 3.26. The van der Waals surface area contributed by atoms with Gasteiger partial charge in [0.05, 0.1) is 11.3 Å². The molecule has 0 fully saturated rings. The van der Waals surface area contributed by atoms with Crippen LogP contribution in [-0.2, 0) is 6.42 Å². The third-order valence-corrected chi connectivity index (χ3v) is 3.67. The smallest absolute Gasteiger partial charge is 0.226 e. The summed E-state index contributed by atoms with van der Waals surface area (Å²) in [4.78, 5) is 15.9. The van der Waals surface area contributed by atoms with E-state index < -0.39 is 5.78 Å². The molecule has 0 aliphatic heterocycles. The number of hydrogen-bond acceptors (Lipinski definition) is 5. The lowest BCUT2D eigenvalue weighted by molar-refractivity contribution is 0.102. The Bertz CT molecular complexity index is 886. The van der Waals surface area contributed by atoms with Crippen LogP contribution in [0.15, 0.2) is 47.3 Å². The molecule has 0 radical (unpaired) electrons. The summed E-state index contributed by atoms with van der Waals surface area (Å²) >= 11 is 6.17. The molecule has 6 nitrogen and oxygen atoms in total. The van der Waals surface area contributed by atoms with E-state index in [1.807, 2.05) is 0 Å². The van der Waals surface area contributed by atoms with Crippen molar-refractivity contribution in [1.82, 2.24) is 15.2 Å². The lowest BCUT2D eigenvalue weighted by Gasteiger charge is -1.99. The molecule has 122 valence electrons. The highest BCUT2D eigenvalue weighted by molar-refractivity contribution is 6.35. The Balaban J connectivity index is 1.80. The van der Waals surface area contributed by atoms with Crippen LogP contribution in [0.4, 0.5) is 4.39 Å².